The average molecular weight is 249 g/mol. The van der Waals surface area contributed by atoms with Crippen LogP contribution in [0.4, 0.5) is 0 Å². The highest BCUT2D eigenvalue weighted by molar-refractivity contribution is 5.30. The van der Waals surface area contributed by atoms with E-state index < -0.39 is 0 Å². The smallest absolute Gasteiger partial charge is 0.0431 e. The number of unbranched alkanes of at least 4 members (excludes halogenated alkanes) is 1. The van der Waals surface area contributed by atoms with Gasteiger partial charge in [-0.15, -0.1) is 0 Å². The standard InChI is InChI=1S/C16H27NO/c1-4-17(10-5-6-12-18)11-9-16-13-14(2)7-8-15(16)3/h7-8,13,18H,4-6,9-12H2,1-3H3. The molecule has 0 amide bonds. The van der Waals surface area contributed by atoms with Gasteiger partial charge < -0.3 is 10.0 Å². The van der Waals surface area contributed by atoms with Crippen LogP contribution in [0.3, 0.4) is 0 Å². The minimum absolute atomic E-state index is 0.314. The second-order valence-electron chi connectivity index (χ2n) is 5.04. The molecular formula is C16H27NO. The van der Waals surface area contributed by atoms with E-state index in [1.807, 2.05) is 0 Å². The number of aliphatic hydroxyl groups excluding tert-OH is 1. The number of hydrogen-bond donors (Lipinski definition) is 1. The number of benzene rings is 1. The molecule has 0 saturated carbocycles. The van der Waals surface area contributed by atoms with Crippen molar-refractivity contribution < 1.29 is 5.11 Å². The van der Waals surface area contributed by atoms with Crippen LogP contribution in [-0.4, -0.2) is 36.2 Å². The summed E-state index contributed by atoms with van der Waals surface area (Å²) < 4.78 is 0. The monoisotopic (exact) mass is 249 g/mol. The molecule has 0 unspecified atom stereocenters. The lowest BCUT2D eigenvalue weighted by atomic mass is 10.0. The van der Waals surface area contributed by atoms with Crippen molar-refractivity contribution in [2.45, 2.75) is 40.0 Å². The predicted molar refractivity (Wildman–Crippen MR) is 78.1 cm³/mol. The summed E-state index contributed by atoms with van der Waals surface area (Å²) in [6.45, 7) is 10.2. The summed E-state index contributed by atoms with van der Waals surface area (Å²) in [6.07, 6.45) is 3.14. The van der Waals surface area contributed by atoms with E-state index in [2.05, 4.69) is 43.9 Å². The van der Waals surface area contributed by atoms with E-state index in [-0.39, 0.29) is 0 Å². The Morgan fingerprint density at radius 1 is 1.11 bits per heavy atom. The lowest BCUT2D eigenvalue weighted by molar-refractivity contribution is 0.249. The highest BCUT2D eigenvalue weighted by atomic mass is 16.2. The third-order valence-corrected chi connectivity index (χ3v) is 3.53. The fraction of sp³-hybridized carbons (Fsp3) is 0.625. The van der Waals surface area contributed by atoms with Gasteiger partial charge in [-0.2, -0.15) is 0 Å². The molecule has 0 saturated heterocycles. The third-order valence-electron chi connectivity index (χ3n) is 3.53. The van der Waals surface area contributed by atoms with Gasteiger partial charge in [-0.1, -0.05) is 30.7 Å². The van der Waals surface area contributed by atoms with Crippen LogP contribution in [0.25, 0.3) is 0 Å². The van der Waals surface area contributed by atoms with E-state index in [0.29, 0.717) is 6.61 Å². The van der Waals surface area contributed by atoms with Gasteiger partial charge in [0, 0.05) is 13.2 Å². The molecule has 2 nitrogen and oxygen atoms in total. The minimum atomic E-state index is 0.314. The number of aryl methyl sites for hydroxylation is 2. The molecular weight excluding hydrogens is 222 g/mol. The first-order chi connectivity index (χ1) is 8.67. The van der Waals surface area contributed by atoms with Gasteiger partial charge in [0.15, 0.2) is 0 Å². The number of hydrogen-bond acceptors (Lipinski definition) is 2. The molecule has 0 atom stereocenters. The Balaban J connectivity index is 2.44. The highest BCUT2D eigenvalue weighted by Gasteiger charge is 2.04. The molecule has 0 fully saturated rings. The predicted octanol–water partition coefficient (Wildman–Crippen LogP) is 2.94. The van der Waals surface area contributed by atoms with Gasteiger partial charge in [-0.3, -0.25) is 0 Å². The normalized spacial score (nSPS) is 11.2. The van der Waals surface area contributed by atoms with Gasteiger partial charge >= 0.3 is 0 Å². The molecule has 1 rings (SSSR count). The lowest BCUT2D eigenvalue weighted by Gasteiger charge is -2.20. The zero-order valence-electron chi connectivity index (χ0n) is 12.1. The maximum Gasteiger partial charge on any atom is 0.0431 e. The van der Waals surface area contributed by atoms with Crippen LogP contribution >= 0.6 is 0 Å². The molecule has 0 radical (unpaired) electrons. The first-order valence-corrected chi connectivity index (χ1v) is 7.06. The van der Waals surface area contributed by atoms with E-state index in [9.17, 15) is 0 Å². The van der Waals surface area contributed by atoms with Gasteiger partial charge in [-0.25, -0.2) is 0 Å². The van der Waals surface area contributed by atoms with E-state index in [1.165, 1.54) is 16.7 Å². The molecule has 1 N–H and O–H groups in total. The van der Waals surface area contributed by atoms with Crippen LogP contribution in [0.5, 0.6) is 0 Å². The fourth-order valence-electron chi connectivity index (χ4n) is 2.22. The average Bonchev–Trinajstić information content (AvgIpc) is 2.37. The number of rotatable bonds is 8. The molecule has 0 aliphatic carbocycles. The van der Waals surface area contributed by atoms with E-state index in [0.717, 1.165) is 38.9 Å². The van der Waals surface area contributed by atoms with Crippen molar-refractivity contribution in [2.75, 3.05) is 26.2 Å². The van der Waals surface area contributed by atoms with Gasteiger partial charge in [0.25, 0.3) is 0 Å². The van der Waals surface area contributed by atoms with E-state index >= 15 is 0 Å². The summed E-state index contributed by atoms with van der Waals surface area (Å²) in [6, 6.07) is 6.70. The van der Waals surface area contributed by atoms with Crippen molar-refractivity contribution in [3.63, 3.8) is 0 Å². The summed E-state index contributed by atoms with van der Waals surface area (Å²) in [5, 5.41) is 8.81. The van der Waals surface area contributed by atoms with Gasteiger partial charge in [0.2, 0.25) is 0 Å². The van der Waals surface area contributed by atoms with Crippen molar-refractivity contribution in [3.05, 3.63) is 34.9 Å². The van der Waals surface area contributed by atoms with Crippen molar-refractivity contribution in [1.29, 1.82) is 0 Å². The molecule has 0 spiro atoms. The number of likely N-dealkylation sites (N-methyl/N-ethyl adjacent to an activating group) is 1. The van der Waals surface area contributed by atoms with Crippen molar-refractivity contribution in [3.8, 4) is 0 Å². The second-order valence-corrected chi connectivity index (χ2v) is 5.04. The summed E-state index contributed by atoms with van der Waals surface area (Å²) in [5.41, 5.74) is 4.21. The number of nitrogens with zero attached hydrogens (tertiary/aromatic N) is 1. The Labute approximate surface area is 112 Å². The molecule has 1 aromatic carbocycles. The molecule has 0 heterocycles. The largest absolute Gasteiger partial charge is 0.396 e. The maximum atomic E-state index is 8.81. The van der Waals surface area contributed by atoms with Crippen molar-refractivity contribution >= 4 is 0 Å². The minimum Gasteiger partial charge on any atom is -0.396 e. The van der Waals surface area contributed by atoms with Crippen LogP contribution in [0, 0.1) is 13.8 Å². The summed E-state index contributed by atoms with van der Waals surface area (Å²) in [7, 11) is 0. The van der Waals surface area contributed by atoms with Crippen LogP contribution < -0.4 is 0 Å². The van der Waals surface area contributed by atoms with Crippen LogP contribution in [0.2, 0.25) is 0 Å². The Morgan fingerprint density at radius 3 is 2.56 bits per heavy atom. The molecule has 0 aliphatic rings. The highest BCUT2D eigenvalue weighted by Crippen LogP contribution is 2.12. The topological polar surface area (TPSA) is 23.5 Å². The fourth-order valence-corrected chi connectivity index (χ4v) is 2.22. The molecule has 0 bridgehead atoms. The number of aliphatic hydroxyl groups is 1. The summed E-state index contributed by atoms with van der Waals surface area (Å²) in [4.78, 5) is 2.47. The summed E-state index contributed by atoms with van der Waals surface area (Å²) >= 11 is 0. The van der Waals surface area contributed by atoms with Crippen LogP contribution in [-0.2, 0) is 6.42 Å². The Bertz CT molecular complexity index is 349. The quantitative estimate of drug-likeness (QED) is 0.716. The van der Waals surface area contributed by atoms with E-state index in [1.54, 1.807) is 0 Å². The molecule has 0 aromatic heterocycles. The Morgan fingerprint density at radius 2 is 1.89 bits per heavy atom. The van der Waals surface area contributed by atoms with Crippen LogP contribution in [0.1, 0.15) is 36.5 Å². The molecule has 2 heteroatoms. The van der Waals surface area contributed by atoms with Crippen LogP contribution in [0.15, 0.2) is 18.2 Å². The zero-order chi connectivity index (χ0) is 13.4. The third kappa shape index (κ3) is 5.19. The Kier molecular flexibility index (Phi) is 6.99. The lowest BCUT2D eigenvalue weighted by Crippen LogP contribution is -2.27. The molecule has 1 aromatic rings. The maximum absolute atomic E-state index is 8.81. The van der Waals surface area contributed by atoms with Crippen molar-refractivity contribution in [2.24, 2.45) is 0 Å². The molecule has 102 valence electrons. The van der Waals surface area contributed by atoms with E-state index in [4.69, 9.17) is 5.11 Å². The molecule has 18 heavy (non-hydrogen) atoms. The first kappa shape index (κ1) is 15.2. The molecule has 0 aliphatic heterocycles. The van der Waals surface area contributed by atoms with Gasteiger partial charge in [-0.05, 0) is 57.3 Å². The first-order valence-electron chi connectivity index (χ1n) is 7.06. The second kappa shape index (κ2) is 8.28. The van der Waals surface area contributed by atoms with Gasteiger partial charge in [0.1, 0.15) is 0 Å². The van der Waals surface area contributed by atoms with Crippen molar-refractivity contribution in [1.82, 2.24) is 4.90 Å². The summed E-state index contributed by atoms with van der Waals surface area (Å²) in [5.74, 6) is 0. The van der Waals surface area contributed by atoms with Gasteiger partial charge in [0.05, 0.1) is 0 Å². The SMILES string of the molecule is CCN(CCCCO)CCc1cc(C)ccc1C. The Hall–Kier alpha value is -0.860. The zero-order valence-corrected chi connectivity index (χ0v) is 12.1.